The van der Waals surface area contributed by atoms with Crippen LogP contribution in [-0.4, -0.2) is 21.5 Å². The van der Waals surface area contributed by atoms with Crippen LogP contribution in [0.5, 0.6) is 0 Å². The Kier molecular flexibility index (Phi) is 4.50. The number of allylic oxidation sites excluding steroid dienone is 1. The summed E-state index contributed by atoms with van der Waals surface area (Å²) < 4.78 is 7.48. The van der Waals surface area contributed by atoms with Crippen LogP contribution in [0, 0.1) is 0 Å². The highest BCUT2D eigenvalue weighted by molar-refractivity contribution is 9.13. The number of carbonyl (C=O) groups excluding carboxylic acids is 2. The lowest BCUT2D eigenvalue weighted by atomic mass is 10.0. The van der Waals surface area contributed by atoms with E-state index >= 15 is 0 Å². The SMILES string of the molecule is O=C1C(=Cc2nc3sc(-c4ccccc4)nc3o2)C(=O)c2cc3cc(Br)c(Br)cc3cc21. The molecule has 0 amide bonds. The molecular weight excluding hydrogens is 556 g/mol. The second-order valence-electron chi connectivity index (χ2n) is 7.27. The maximum atomic E-state index is 13.0. The van der Waals surface area contributed by atoms with Crippen LogP contribution in [-0.2, 0) is 0 Å². The number of hydrogen-bond donors (Lipinski definition) is 0. The number of thiazole rings is 1. The molecule has 2 heterocycles. The zero-order valence-electron chi connectivity index (χ0n) is 16.1. The van der Waals surface area contributed by atoms with E-state index in [4.69, 9.17) is 4.42 Å². The maximum Gasteiger partial charge on any atom is 0.259 e. The van der Waals surface area contributed by atoms with E-state index in [1.54, 1.807) is 12.1 Å². The van der Waals surface area contributed by atoms with Gasteiger partial charge in [0.2, 0.25) is 5.89 Å². The van der Waals surface area contributed by atoms with Gasteiger partial charge in [-0.2, -0.15) is 9.97 Å². The molecule has 1 aliphatic rings. The molecule has 0 saturated heterocycles. The van der Waals surface area contributed by atoms with Crippen molar-refractivity contribution in [3.8, 4) is 10.6 Å². The zero-order chi connectivity index (χ0) is 22.0. The molecule has 5 nitrogen and oxygen atoms in total. The van der Waals surface area contributed by atoms with Crippen LogP contribution in [0.4, 0.5) is 0 Å². The third kappa shape index (κ3) is 3.09. The van der Waals surface area contributed by atoms with Crippen LogP contribution in [0.3, 0.4) is 0 Å². The lowest BCUT2D eigenvalue weighted by Crippen LogP contribution is -2.00. The topological polar surface area (TPSA) is 73.1 Å². The van der Waals surface area contributed by atoms with Gasteiger partial charge >= 0.3 is 0 Å². The molecule has 6 rings (SSSR count). The number of carbonyl (C=O) groups is 2. The van der Waals surface area contributed by atoms with Gasteiger partial charge in [0.1, 0.15) is 5.01 Å². The average molecular weight is 566 g/mol. The first-order chi connectivity index (χ1) is 15.5. The fraction of sp³-hybridized carbons (Fsp3) is 0. The van der Waals surface area contributed by atoms with Gasteiger partial charge < -0.3 is 4.42 Å². The first-order valence-electron chi connectivity index (χ1n) is 9.54. The molecule has 0 N–H and O–H groups in total. The summed E-state index contributed by atoms with van der Waals surface area (Å²) in [6.07, 6.45) is 1.41. The number of ketones is 2. The van der Waals surface area contributed by atoms with Gasteiger partial charge in [-0.3, -0.25) is 9.59 Å². The molecule has 0 aliphatic heterocycles. The Labute approximate surface area is 202 Å². The molecule has 3 aromatic carbocycles. The van der Waals surface area contributed by atoms with Crippen molar-refractivity contribution in [2.45, 2.75) is 0 Å². The van der Waals surface area contributed by atoms with Gasteiger partial charge in [-0.15, -0.1) is 0 Å². The number of Topliss-reactive ketones (excluding diaryl/α,β-unsaturated/α-hetero) is 2. The summed E-state index contributed by atoms with van der Waals surface area (Å²) >= 11 is 8.35. The average Bonchev–Trinajstić information content (AvgIpc) is 3.42. The summed E-state index contributed by atoms with van der Waals surface area (Å²) in [5.41, 5.74) is 2.19. The maximum absolute atomic E-state index is 13.0. The lowest BCUT2D eigenvalue weighted by molar-refractivity contribution is 0.0990. The summed E-state index contributed by atoms with van der Waals surface area (Å²) in [5, 5.41) is 2.54. The Hall–Kier alpha value is -2.94. The van der Waals surface area contributed by atoms with Crippen molar-refractivity contribution >= 4 is 82.2 Å². The smallest absolute Gasteiger partial charge is 0.259 e. The van der Waals surface area contributed by atoms with E-state index in [0.29, 0.717) is 21.7 Å². The summed E-state index contributed by atoms with van der Waals surface area (Å²) in [6.45, 7) is 0. The molecule has 0 saturated carbocycles. The Bertz CT molecular complexity index is 1540. The quantitative estimate of drug-likeness (QED) is 0.169. The number of nitrogens with zero attached hydrogens (tertiary/aromatic N) is 2. The molecule has 0 bridgehead atoms. The van der Waals surface area contributed by atoms with E-state index < -0.39 is 0 Å². The Morgan fingerprint density at radius 3 is 2.06 bits per heavy atom. The first kappa shape index (κ1) is 19.7. The van der Waals surface area contributed by atoms with Crippen LogP contribution >= 0.6 is 43.2 Å². The molecule has 5 aromatic rings. The van der Waals surface area contributed by atoms with E-state index in [2.05, 4.69) is 41.8 Å². The van der Waals surface area contributed by atoms with Gasteiger partial charge in [0.25, 0.3) is 5.71 Å². The standard InChI is InChI=1S/C24H10Br2N2O3S/c25-17-8-12-6-14-15(7-13(12)9-18(17)26)21(30)16(20(14)29)10-19-27-24-22(31-19)28-23(32-24)11-4-2-1-3-5-11/h1-10H. The van der Waals surface area contributed by atoms with Crippen LogP contribution in [0.25, 0.3) is 38.0 Å². The Morgan fingerprint density at radius 2 is 1.47 bits per heavy atom. The number of benzene rings is 3. The fourth-order valence-electron chi connectivity index (χ4n) is 3.74. The minimum atomic E-state index is -0.328. The Balaban J connectivity index is 1.39. The number of oxazole rings is 1. The minimum Gasteiger partial charge on any atom is -0.417 e. The van der Waals surface area contributed by atoms with E-state index in [0.717, 1.165) is 30.3 Å². The first-order valence-corrected chi connectivity index (χ1v) is 11.9. The minimum absolute atomic E-state index is 0.0469. The van der Waals surface area contributed by atoms with Crippen LogP contribution in [0.15, 0.2) is 73.5 Å². The van der Waals surface area contributed by atoms with Gasteiger partial charge in [-0.25, -0.2) is 0 Å². The van der Waals surface area contributed by atoms with E-state index in [1.165, 1.54) is 17.4 Å². The third-order valence-electron chi connectivity index (χ3n) is 5.28. The number of rotatable bonds is 2. The van der Waals surface area contributed by atoms with Crippen molar-refractivity contribution in [1.29, 1.82) is 0 Å². The van der Waals surface area contributed by atoms with Gasteiger partial charge in [0, 0.05) is 31.7 Å². The molecular formula is C24H10Br2N2O3S. The van der Waals surface area contributed by atoms with Crippen LogP contribution in [0.1, 0.15) is 26.6 Å². The molecule has 0 radical (unpaired) electrons. The summed E-state index contributed by atoms with van der Waals surface area (Å²) in [6, 6.07) is 17.1. The molecule has 0 spiro atoms. The molecule has 0 atom stereocenters. The van der Waals surface area contributed by atoms with Gasteiger partial charge in [-0.1, -0.05) is 41.7 Å². The summed E-state index contributed by atoms with van der Waals surface area (Å²) in [4.78, 5) is 35.6. The van der Waals surface area contributed by atoms with Crippen molar-refractivity contribution in [3.05, 3.63) is 86.1 Å². The molecule has 0 unspecified atom stereocenters. The van der Waals surface area contributed by atoms with Crippen molar-refractivity contribution in [2.24, 2.45) is 0 Å². The largest absolute Gasteiger partial charge is 0.417 e. The van der Waals surface area contributed by atoms with Gasteiger partial charge in [-0.05, 0) is 66.9 Å². The molecule has 2 aromatic heterocycles. The second-order valence-corrected chi connectivity index (χ2v) is 9.96. The van der Waals surface area contributed by atoms with Crippen molar-refractivity contribution in [1.82, 2.24) is 9.97 Å². The third-order valence-corrected chi connectivity index (χ3v) is 8.10. The zero-order valence-corrected chi connectivity index (χ0v) is 20.0. The van der Waals surface area contributed by atoms with Crippen molar-refractivity contribution < 1.29 is 14.0 Å². The molecule has 32 heavy (non-hydrogen) atoms. The van der Waals surface area contributed by atoms with Crippen molar-refractivity contribution in [3.63, 3.8) is 0 Å². The van der Waals surface area contributed by atoms with Crippen LogP contribution in [0.2, 0.25) is 0 Å². The lowest BCUT2D eigenvalue weighted by Gasteiger charge is -2.04. The molecule has 8 heteroatoms. The molecule has 0 fully saturated rings. The van der Waals surface area contributed by atoms with Crippen molar-refractivity contribution in [2.75, 3.05) is 0 Å². The monoisotopic (exact) mass is 564 g/mol. The second kappa shape index (κ2) is 7.30. The number of aromatic nitrogens is 2. The number of fused-ring (bicyclic) bond motifs is 3. The highest BCUT2D eigenvalue weighted by Gasteiger charge is 2.34. The van der Waals surface area contributed by atoms with E-state index in [1.807, 2.05) is 42.5 Å². The van der Waals surface area contributed by atoms with Gasteiger partial charge in [0.05, 0.1) is 5.57 Å². The predicted molar refractivity (Wildman–Crippen MR) is 131 cm³/mol. The summed E-state index contributed by atoms with van der Waals surface area (Å²) in [5.74, 6) is -0.464. The van der Waals surface area contributed by atoms with Crippen LogP contribution < -0.4 is 0 Å². The van der Waals surface area contributed by atoms with Gasteiger partial charge in [0.15, 0.2) is 16.4 Å². The molecule has 154 valence electrons. The van der Waals surface area contributed by atoms with E-state index in [9.17, 15) is 9.59 Å². The number of hydrogen-bond acceptors (Lipinski definition) is 6. The van der Waals surface area contributed by atoms with E-state index in [-0.39, 0.29) is 23.0 Å². The molecule has 1 aliphatic carbocycles. The predicted octanol–water partition coefficient (Wildman–Crippen LogP) is 7.09. The highest BCUT2D eigenvalue weighted by atomic mass is 79.9. The summed E-state index contributed by atoms with van der Waals surface area (Å²) in [7, 11) is 0. The number of halogens is 2. The normalized spacial score (nSPS) is 13.4. The highest BCUT2D eigenvalue weighted by Crippen LogP contribution is 2.36. The fourth-order valence-corrected chi connectivity index (χ4v) is 5.34. The Morgan fingerprint density at radius 1 is 0.844 bits per heavy atom.